The molecule has 0 saturated heterocycles. The van der Waals surface area contributed by atoms with Gasteiger partial charge in [0.25, 0.3) is 5.91 Å². The van der Waals surface area contributed by atoms with E-state index in [0.29, 0.717) is 35.8 Å². The van der Waals surface area contributed by atoms with Gasteiger partial charge in [0.1, 0.15) is 18.2 Å². The number of halogens is 1. The fourth-order valence-corrected chi connectivity index (χ4v) is 2.34. The fourth-order valence-electron chi connectivity index (χ4n) is 2.34. The van der Waals surface area contributed by atoms with Crippen LogP contribution < -0.4 is 15.4 Å². The first-order chi connectivity index (χ1) is 10.1. The van der Waals surface area contributed by atoms with E-state index in [9.17, 15) is 9.18 Å². The van der Waals surface area contributed by atoms with Crippen molar-refractivity contribution >= 4 is 17.3 Å². The highest BCUT2D eigenvalue weighted by molar-refractivity contribution is 6.07. The molecular formula is C16H15FN2O2. The van der Waals surface area contributed by atoms with Crippen molar-refractivity contribution in [2.24, 2.45) is 0 Å². The van der Waals surface area contributed by atoms with E-state index in [2.05, 4.69) is 0 Å². The number of nitrogen functional groups attached to an aromatic ring is 1. The second-order valence-corrected chi connectivity index (χ2v) is 4.99. The maximum atomic E-state index is 13.0. The molecule has 1 heterocycles. The summed E-state index contributed by atoms with van der Waals surface area (Å²) < 4.78 is 18.5. The lowest BCUT2D eigenvalue weighted by molar-refractivity contribution is 0.0976. The molecule has 3 rings (SSSR count). The maximum Gasteiger partial charge on any atom is 0.258 e. The van der Waals surface area contributed by atoms with Crippen LogP contribution in [0.3, 0.4) is 0 Å². The van der Waals surface area contributed by atoms with Gasteiger partial charge in [-0.3, -0.25) is 4.79 Å². The third-order valence-electron chi connectivity index (χ3n) is 3.55. The van der Waals surface area contributed by atoms with Crippen molar-refractivity contribution in [1.29, 1.82) is 0 Å². The summed E-state index contributed by atoms with van der Waals surface area (Å²) in [7, 11) is 0. The van der Waals surface area contributed by atoms with Crippen LogP contribution in [0.1, 0.15) is 15.9 Å². The molecule has 108 valence electrons. The first kappa shape index (κ1) is 13.4. The molecule has 1 aliphatic heterocycles. The quantitative estimate of drug-likeness (QED) is 0.820. The standard InChI is InChI=1S/C16H15FN2O2/c1-10-8-14-15(9-13(10)18)21-7-6-19(14)16(20)11-2-4-12(17)5-3-11/h2-5,8-9H,6-7,18H2,1H3. The number of rotatable bonds is 1. The Kier molecular flexibility index (Phi) is 3.25. The summed E-state index contributed by atoms with van der Waals surface area (Å²) in [5.74, 6) is 0.0566. The molecule has 0 aromatic heterocycles. The molecule has 0 spiro atoms. The molecule has 1 aliphatic rings. The van der Waals surface area contributed by atoms with Crippen molar-refractivity contribution in [2.45, 2.75) is 6.92 Å². The molecule has 2 N–H and O–H groups in total. The third-order valence-corrected chi connectivity index (χ3v) is 3.55. The topological polar surface area (TPSA) is 55.6 Å². The van der Waals surface area contributed by atoms with E-state index in [4.69, 9.17) is 10.5 Å². The number of nitrogens with two attached hydrogens (primary N) is 1. The van der Waals surface area contributed by atoms with E-state index in [0.717, 1.165) is 5.56 Å². The normalized spacial score (nSPS) is 13.5. The lowest BCUT2D eigenvalue weighted by atomic mass is 10.1. The molecule has 0 saturated carbocycles. The van der Waals surface area contributed by atoms with Crippen molar-refractivity contribution < 1.29 is 13.9 Å². The summed E-state index contributed by atoms with van der Waals surface area (Å²) >= 11 is 0. The SMILES string of the molecule is Cc1cc2c(cc1N)OCCN2C(=O)c1ccc(F)cc1. The smallest absolute Gasteiger partial charge is 0.258 e. The Balaban J connectivity index is 1.99. The van der Waals surface area contributed by atoms with Crippen LogP contribution in [-0.2, 0) is 0 Å². The van der Waals surface area contributed by atoms with Crippen LogP contribution in [0.2, 0.25) is 0 Å². The van der Waals surface area contributed by atoms with Crippen LogP contribution in [0, 0.1) is 12.7 Å². The van der Waals surface area contributed by atoms with Crippen LogP contribution in [0.5, 0.6) is 5.75 Å². The molecule has 5 heteroatoms. The second kappa shape index (κ2) is 5.09. The van der Waals surface area contributed by atoms with Gasteiger partial charge in [0.2, 0.25) is 0 Å². The Hall–Kier alpha value is -2.56. The molecule has 0 aliphatic carbocycles. The van der Waals surface area contributed by atoms with Gasteiger partial charge in [-0.05, 0) is 42.8 Å². The molecule has 0 radical (unpaired) electrons. The number of ether oxygens (including phenoxy) is 1. The maximum absolute atomic E-state index is 13.0. The monoisotopic (exact) mass is 286 g/mol. The highest BCUT2D eigenvalue weighted by atomic mass is 19.1. The third kappa shape index (κ3) is 2.42. The average Bonchev–Trinajstić information content (AvgIpc) is 2.48. The zero-order valence-electron chi connectivity index (χ0n) is 11.6. The van der Waals surface area contributed by atoms with Gasteiger partial charge in [-0.2, -0.15) is 0 Å². The zero-order chi connectivity index (χ0) is 15.0. The van der Waals surface area contributed by atoms with Crippen molar-refractivity contribution in [3.8, 4) is 5.75 Å². The highest BCUT2D eigenvalue weighted by Crippen LogP contribution is 2.36. The van der Waals surface area contributed by atoms with E-state index in [-0.39, 0.29) is 11.7 Å². The first-order valence-corrected chi connectivity index (χ1v) is 6.66. The summed E-state index contributed by atoms with van der Waals surface area (Å²) in [5.41, 5.74) is 8.52. The van der Waals surface area contributed by atoms with Gasteiger partial charge in [-0.1, -0.05) is 0 Å². The molecule has 4 nitrogen and oxygen atoms in total. The van der Waals surface area contributed by atoms with Crippen molar-refractivity contribution in [3.63, 3.8) is 0 Å². The average molecular weight is 286 g/mol. The number of anilines is 2. The van der Waals surface area contributed by atoms with Crippen LogP contribution in [-0.4, -0.2) is 19.1 Å². The number of aryl methyl sites for hydroxylation is 1. The Morgan fingerprint density at radius 2 is 2.00 bits per heavy atom. The van der Waals surface area contributed by atoms with E-state index in [1.54, 1.807) is 11.0 Å². The number of carbonyl (C=O) groups is 1. The van der Waals surface area contributed by atoms with Gasteiger partial charge in [0.15, 0.2) is 0 Å². The Morgan fingerprint density at radius 1 is 1.29 bits per heavy atom. The molecule has 21 heavy (non-hydrogen) atoms. The molecule has 2 aromatic carbocycles. The second-order valence-electron chi connectivity index (χ2n) is 4.99. The van der Waals surface area contributed by atoms with Crippen LogP contribution >= 0.6 is 0 Å². The summed E-state index contributed by atoms with van der Waals surface area (Å²) in [6.07, 6.45) is 0. The van der Waals surface area contributed by atoms with E-state index in [1.165, 1.54) is 24.3 Å². The van der Waals surface area contributed by atoms with Gasteiger partial charge >= 0.3 is 0 Å². The van der Waals surface area contributed by atoms with E-state index >= 15 is 0 Å². The summed E-state index contributed by atoms with van der Waals surface area (Å²) in [6.45, 7) is 2.74. The number of hydrogen-bond acceptors (Lipinski definition) is 3. The number of hydrogen-bond donors (Lipinski definition) is 1. The Labute approximate surface area is 121 Å². The van der Waals surface area contributed by atoms with Gasteiger partial charge in [0.05, 0.1) is 12.2 Å². The molecular weight excluding hydrogens is 271 g/mol. The number of carbonyl (C=O) groups excluding carboxylic acids is 1. The van der Waals surface area contributed by atoms with Crippen LogP contribution in [0.15, 0.2) is 36.4 Å². The minimum atomic E-state index is -0.363. The molecule has 0 atom stereocenters. The van der Waals surface area contributed by atoms with E-state index in [1.807, 2.05) is 13.0 Å². The van der Waals surface area contributed by atoms with Crippen molar-refractivity contribution in [1.82, 2.24) is 0 Å². The van der Waals surface area contributed by atoms with Gasteiger partial charge in [-0.15, -0.1) is 0 Å². The number of nitrogens with zero attached hydrogens (tertiary/aromatic N) is 1. The Morgan fingerprint density at radius 3 is 2.71 bits per heavy atom. The van der Waals surface area contributed by atoms with Crippen molar-refractivity contribution in [2.75, 3.05) is 23.8 Å². The Bertz CT molecular complexity index is 698. The molecule has 2 aromatic rings. The molecule has 0 unspecified atom stereocenters. The minimum absolute atomic E-state index is 0.177. The van der Waals surface area contributed by atoms with Gasteiger partial charge in [0, 0.05) is 17.3 Å². The fraction of sp³-hybridized carbons (Fsp3) is 0.188. The summed E-state index contributed by atoms with van der Waals surface area (Å²) in [4.78, 5) is 14.2. The van der Waals surface area contributed by atoms with Crippen LogP contribution in [0.4, 0.5) is 15.8 Å². The molecule has 0 fully saturated rings. The van der Waals surface area contributed by atoms with E-state index < -0.39 is 0 Å². The lowest BCUT2D eigenvalue weighted by Gasteiger charge is -2.30. The minimum Gasteiger partial charge on any atom is -0.489 e. The summed E-state index contributed by atoms with van der Waals surface area (Å²) in [6, 6.07) is 9.10. The highest BCUT2D eigenvalue weighted by Gasteiger charge is 2.25. The predicted octanol–water partition coefficient (Wildman–Crippen LogP) is 2.76. The number of fused-ring (bicyclic) bond motifs is 1. The predicted molar refractivity (Wildman–Crippen MR) is 79.2 cm³/mol. The first-order valence-electron chi connectivity index (χ1n) is 6.66. The number of amides is 1. The summed E-state index contributed by atoms with van der Waals surface area (Å²) in [5, 5.41) is 0. The largest absolute Gasteiger partial charge is 0.489 e. The van der Waals surface area contributed by atoms with Gasteiger partial charge in [-0.25, -0.2) is 4.39 Å². The lowest BCUT2D eigenvalue weighted by Crippen LogP contribution is -2.38. The van der Waals surface area contributed by atoms with Crippen molar-refractivity contribution in [3.05, 3.63) is 53.3 Å². The number of benzene rings is 2. The van der Waals surface area contributed by atoms with Crippen LogP contribution in [0.25, 0.3) is 0 Å². The van der Waals surface area contributed by atoms with Gasteiger partial charge < -0.3 is 15.4 Å². The molecule has 0 bridgehead atoms. The molecule has 1 amide bonds. The zero-order valence-corrected chi connectivity index (χ0v) is 11.6.